The largest absolute Gasteiger partial charge is 0.345 e. The van der Waals surface area contributed by atoms with Crippen molar-refractivity contribution in [2.45, 2.75) is 45.8 Å². The molecule has 0 fully saturated rings. The Balaban J connectivity index is 1.55. The monoisotopic (exact) mass is 525 g/mol. The van der Waals surface area contributed by atoms with Crippen LogP contribution in [0.4, 0.5) is 4.39 Å². The van der Waals surface area contributed by atoms with Crippen molar-refractivity contribution in [3.8, 4) is 0 Å². The van der Waals surface area contributed by atoms with E-state index in [2.05, 4.69) is 11.5 Å². The lowest BCUT2D eigenvalue weighted by atomic mass is 10.1. The minimum absolute atomic E-state index is 0.0168. The number of hydrogen-bond donors (Lipinski definition) is 0. The molecule has 4 rings (SSSR count). The molecular weight excluding hydrogens is 489 g/mol. The number of rotatable bonds is 13. The minimum Gasteiger partial charge on any atom is -0.345 e. The van der Waals surface area contributed by atoms with E-state index < -0.39 is 0 Å². The Kier molecular flexibility index (Phi) is 10.1. The molecule has 0 bridgehead atoms. The van der Waals surface area contributed by atoms with Gasteiger partial charge in [-0.25, -0.2) is 4.39 Å². The normalized spacial score (nSPS) is 10.8. The maximum Gasteiger partial charge on any atom is 0.254 e. The molecule has 0 N–H and O–H groups in total. The number of hydrogen-bond acceptors (Lipinski definition) is 2. The lowest BCUT2D eigenvalue weighted by Crippen LogP contribution is -2.43. The van der Waals surface area contributed by atoms with Crippen LogP contribution in [-0.4, -0.2) is 39.3 Å². The second kappa shape index (κ2) is 14.1. The van der Waals surface area contributed by atoms with E-state index in [1.54, 1.807) is 29.2 Å². The zero-order chi connectivity index (χ0) is 27.5. The first kappa shape index (κ1) is 27.8. The molecule has 2 amide bonds. The summed E-state index contributed by atoms with van der Waals surface area (Å²) >= 11 is 0. The van der Waals surface area contributed by atoms with Gasteiger partial charge in [-0.3, -0.25) is 9.59 Å². The number of aromatic nitrogens is 1. The topological polar surface area (TPSA) is 45.6 Å². The van der Waals surface area contributed by atoms with Gasteiger partial charge in [-0.2, -0.15) is 0 Å². The molecular formula is C33H36FN3O2. The first-order valence-corrected chi connectivity index (χ1v) is 13.6. The molecule has 6 heteroatoms. The maximum atomic E-state index is 13.8. The third-order valence-electron chi connectivity index (χ3n) is 6.78. The van der Waals surface area contributed by atoms with E-state index in [9.17, 15) is 14.0 Å². The summed E-state index contributed by atoms with van der Waals surface area (Å²) in [5.41, 5.74) is 3.56. The van der Waals surface area contributed by atoms with E-state index in [-0.39, 0.29) is 24.2 Å². The molecule has 1 aromatic heterocycles. The average Bonchev–Trinajstić information content (AvgIpc) is 3.40. The third-order valence-corrected chi connectivity index (χ3v) is 6.78. The summed E-state index contributed by atoms with van der Waals surface area (Å²) in [7, 11) is 0. The number of benzene rings is 3. The molecule has 0 atom stereocenters. The van der Waals surface area contributed by atoms with E-state index in [1.165, 1.54) is 12.1 Å². The molecule has 0 spiro atoms. The molecule has 202 valence electrons. The minimum atomic E-state index is -0.264. The summed E-state index contributed by atoms with van der Waals surface area (Å²) in [4.78, 5) is 30.7. The van der Waals surface area contributed by atoms with Crippen LogP contribution in [0.25, 0.3) is 0 Å². The first-order valence-electron chi connectivity index (χ1n) is 13.6. The number of halogens is 1. The van der Waals surface area contributed by atoms with E-state index in [1.807, 2.05) is 71.8 Å². The van der Waals surface area contributed by atoms with Crippen LogP contribution in [0.15, 0.2) is 103 Å². The average molecular weight is 526 g/mol. The smallest absolute Gasteiger partial charge is 0.254 e. The summed E-state index contributed by atoms with van der Waals surface area (Å²) in [5.74, 6) is -0.492. The molecule has 5 nitrogen and oxygen atoms in total. The molecule has 0 aliphatic heterocycles. The fourth-order valence-electron chi connectivity index (χ4n) is 4.60. The molecule has 0 radical (unpaired) electrons. The standard InChI is InChI=1S/C33H36FN3O2/c1-2-3-10-21-36(33(39)29-14-8-5-9-15-29)26-32(38)37(24-27-12-6-4-7-13-27)25-31-16-11-22-35(31)23-28-17-19-30(34)20-18-28/h4-9,11-20,22H,2-3,10,21,23-26H2,1H3. The van der Waals surface area contributed by atoms with Gasteiger partial charge in [0.15, 0.2) is 0 Å². The van der Waals surface area contributed by atoms with E-state index in [0.29, 0.717) is 31.7 Å². The highest BCUT2D eigenvalue weighted by Gasteiger charge is 2.23. The van der Waals surface area contributed by atoms with E-state index in [4.69, 9.17) is 0 Å². The number of carbonyl (C=O) groups is 2. The SMILES string of the molecule is CCCCCN(CC(=O)N(Cc1ccccc1)Cc1cccn1Cc1ccc(F)cc1)C(=O)c1ccccc1. The van der Waals surface area contributed by atoms with Gasteiger partial charge < -0.3 is 14.4 Å². The van der Waals surface area contributed by atoms with Gasteiger partial charge in [0.1, 0.15) is 12.4 Å². The molecule has 4 aromatic rings. The summed E-state index contributed by atoms with van der Waals surface area (Å²) in [6.07, 6.45) is 4.85. The fraction of sp³-hybridized carbons (Fsp3) is 0.273. The van der Waals surface area contributed by atoms with Crippen molar-refractivity contribution in [3.05, 3.63) is 131 Å². The van der Waals surface area contributed by atoms with Gasteiger partial charge in [0.2, 0.25) is 5.91 Å². The fourth-order valence-corrected chi connectivity index (χ4v) is 4.60. The van der Waals surface area contributed by atoms with Crippen molar-refractivity contribution in [1.29, 1.82) is 0 Å². The Bertz CT molecular complexity index is 1320. The lowest BCUT2D eigenvalue weighted by molar-refractivity contribution is -0.133. The predicted octanol–water partition coefficient (Wildman–Crippen LogP) is 6.54. The lowest BCUT2D eigenvalue weighted by Gasteiger charge is -2.28. The van der Waals surface area contributed by atoms with Gasteiger partial charge in [-0.15, -0.1) is 0 Å². The second-order valence-electron chi connectivity index (χ2n) is 9.79. The summed E-state index contributed by atoms with van der Waals surface area (Å²) in [5, 5.41) is 0. The van der Waals surface area contributed by atoms with Gasteiger partial charge in [0, 0.05) is 37.1 Å². The Labute approximate surface area is 230 Å². The van der Waals surface area contributed by atoms with Gasteiger partial charge in [-0.1, -0.05) is 80.4 Å². The van der Waals surface area contributed by atoms with Crippen molar-refractivity contribution in [1.82, 2.24) is 14.4 Å². The van der Waals surface area contributed by atoms with Gasteiger partial charge in [0.05, 0.1) is 6.54 Å². The third kappa shape index (κ3) is 8.14. The number of amides is 2. The maximum absolute atomic E-state index is 13.8. The Morgan fingerprint density at radius 3 is 2.13 bits per heavy atom. The van der Waals surface area contributed by atoms with Gasteiger partial charge in [-0.05, 0) is 53.9 Å². The van der Waals surface area contributed by atoms with Gasteiger partial charge >= 0.3 is 0 Å². The predicted molar refractivity (Wildman–Crippen MR) is 153 cm³/mol. The summed E-state index contributed by atoms with van der Waals surface area (Å²) in [6, 6.07) is 29.5. The summed E-state index contributed by atoms with van der Waals surface area (Å²) < 4.78 is 15.5. The van der Waals surface area contributed by atoms with Crippen molar-refractivity contribution in [2.75, 3.05) is 13.1 Å². The van der Waals surface area contributed by atoms with Crippen LogP contribution < -0.4 is 0 Å². The van der Waals surface area contributed by atoms with Crippen molar-refractivity contribution in [2.24, 2.45) is 0 Å². The molecule has 39 heavy (non-hydrogen) atoms. The second-order valence-corrected chi connectivity index (χ2v) is 9.79. The van der Waals surface area contributed by atoms with Crippen LogP contribution in [0.1, 0.15) is 53.4 Å². The molecule has 0 aliphatic carbocycles. The highest BCUT2D eigenvalue weighted by Crippen LogP contribution is 2.16. The van der Waals surface area contributed by atoms with Crippen molar-refractivity contribution >= 4 is 11.8 Å². The van der Waals surface area contributed by atoms with E-state index in [0.717, 1.165) is 36.1 Å². The number of nitrogens with zero attached hydrogens (tertiary/aromatic N) is 3. The molecule has 0 saturated heterocycles. The Morgan fingerprint density at radius 1 is 0.744 bits per heavy atom. The highest BCUT2D eigenvalue weighted by atomic mass is 19.1. The van der Waals surface area contributed by atoms with E-state index >= 15 is 0 Å². The zero-order valence-corrected chi connectivity index (χ0v) is 22.5. The number of carbonyl (C=O) groups excluding carboxylic acids is 2. The zero-order valence-electron chi connectivity index (χ0n) is 22.5. The van der Waals surface area contributed by atoms with Crippen LogP contribution >= 0.6 is 0 Å². The first-order chi connectivity index (χ1) is 19.0. The van der Waals surface area contributed by atoms with Crippen LogP contribution in [0.2, 0.25) is 0 Å². The van der Waals surface area contributed by atoms with Gasteiger partial charge in [0.25, 0.3) is 5.91 Å². The Morgan fingerprint density at radius 2 is 1.44 bits per heavy atom. The van der Waals surface area contributed by atoms with Crippen molar-refractivity contribution in [3.63, 3.8) is 0 Å². The van der Waals surface area contributed by atoms with Crippen molar-refractivity contribution < 1.29 is 14.0 Å². The summed E-state index contributed by atoms with van der Waals surface area (Å²) in [6.45, 7) is 4.08. The van der Waals surface area contributed by atoms with Crippen LogP contribution in [-0.2, 0) is 24.4 Å². The molecule has 1 heterocycles. The highest BCUT2D eigenvalue weighted by molar-refractivity contribution is 5.96. The molecule has 3 aromatic carbocycles. The number of unbranched alkanes of at least 4 members (excludes halogenated alkanes) is 2. The Hall–Kier alpha value is -4.19. The molecule has 0 aliphatic rings. The van der Waals surface area contributed by atoms with Crippen LogP contribution in [0.5, 0.6) is 0 Å². The quantitative estimate of drug-likeness (QED) is 0.186. The molecule has 0 unspecified atom stereocenters. The van der Waals surface area contributed by atoms with Crippen LogP contribution in [0, 0.1) is 5.82 Å². The van der Waals surface area contributed by atoms with Crippen LogP contribution in [0.3, 0.4) is 0 Å². The molecule has 0 saturated carbocycles.